The molecule has 0 aliphatic carbocycles. The molecular weight excluding hydrogens is 150 g/mol. The summed E-state index contributed by atoms with van der Waals surface area (Å²) in [5.41, 5.74) is 0. The quantitative estimate of drug-likeness (QED) is 0.527. The number of rotatable bonds is 1. The summed E-state index contributed by atoms with van der Waals surface area (Å²) in [4.78, 5) is 14.7. The van der Waals surface area contributed by atoms with Crippen molar-refractivity contribution in [1.82, 2.24) is 0 Å². The molecule has 0 aromatic heterocycles. The van der Waals surface area contributed by atoms with Gasteiger partial charge in [-0.25, -0.2) is 4.79 Å². The molecule has 0 radical (unpaired) electrons. The number of carbonyl (C=O) groups excluding carboxylic acids is 1. The molecule has 1 aliphatic heterocycles. The number of hydrogen-bond donors (Lipinski definition) is 1. The van der Waals surface area contributed by atoms with Gasteiger partial charge in [0.15, 0.2) is 11.9 Å². The molecule has 1 atom stereocenters. The zero-order valence-corrected chi connectivity index (χ0v) is 6.49. The van der Waals surface area contributed by atoms with Gasteiger partial charge in [-0.05, 0) is 13.8 Å². The molecule has 0 spiro atoms. The molecule has 1 aliphatic rings. The van der Waals surface area contributed by atoms with E-state index in [-0.39, 0.29) is 6.61 Å². The van der Waals surface area contributed by atoms with Crippen molar-refractivity contribution in [2.75, 3.05) is 6.61 Å². The molecule has 0 bridgehead atoms. The molecule has 64 valence electrons. The third-order valence-corrected chi connectivity index (χ3v) is 1.39. The Labute approximate surface area is 64.4 Å². The summed E-state index contributed by atoms with van der Waals surface area (Å²) in [7, 11) is 0. The third-order valence-electron chi connectivity index (χ3n) is 1.39. The third kappa shape index (κ3) is 1.89. The predicted octanol–water partition coefficient (Wildman–Crippen LogP) is -0.445. The fourth-order valence-corrected chi connectivity index (χ4v) is 0.879. The van der Waals surface area contributed by atoms with E-state index in [0.29, 0.717) is 0 Å². The summed E-state index contributed by atoms with van der Waals surface area (Å²) in [5, 5.41) is 0. The Morgan fingerprint density at radius 3 is 2.73 bits per heavy atom. The lowest BCUT2D eigenvalue weighted by molar-refractivity contribution is -0.170. The number of nitrogens with two attached hydrogens (primary N) is 1. The van der Waals surface area contributed by atoms with E-state index in [9.17, 15) is 4.79 Å². The van der Waals surface area contributed by atoms with Crippen molar-refractivity contribution < 1.29 is 19.1 Å². The lowest BCUT2D eigenvalue weighted by Gasteiger charge is -2.15. The Bertz CT molecular complexity index is 168. The van der Waals surface area contributed by atoms with E-state index in [1.54, 1.807) is 13.8 Å². The van der Waals surface area contributed by atoms with E-state index in [2.05, 4.69) is 10.7 Å². The summed E-state index contributed by atoms with van der Waals surface area (Å²) in [6.45, 7) is 3.64. The second kappa shape index (κ2) is 2.77. The number of hydrogen-bond acceptors (Lipinski definition) is 5. The fourth-order valence-electron chi connectivity index (χ4n) is 0.879. The fraction of sp³-hybridized carbons (Fsp3) is 0.833. The molecule has 5 heteroatoms. The molecule has 0 saturated carbocycles. The van der Waals surface area contributed by atoms with Crippen molar-refractivity contribution in [2.24, 2.45) is 5.90 Å². The maximum absolute atomic E-state index is 10.7. The van der Waals surface area contributed by atoms with Gasteiger partial charge in [-0.15, -0.1) is 0 Å². The molecule has 1 fully saturated rings. The first-order valence-corrected chi connectivity index (χ1v) is 3.27. The molecule has 0 amide bonds. The van der Waals surface area contributed by atoms with Crippen molar-refractivity contribution in [3.05, 3.63) is 0 Å². The van der Waals surface area contributed by atoms with Gasteiger partial charge in [0.25, 0.3) is 0 Å². The minimum absolute atomic E-state index is 0.197. The van der Waals surface area contributed by atoms with Crippen LogP contribution in [0.1, 0.15) is 13.8 Å². The van der Waals surface area contributed by atoms with Gasteiger partial charge in [0.1, 0.15) is 0 Å². The Kier molecular flexibility index (Phi) is 2.12. The molecule has 0 aromatic rings. The normalized spacial score (nSPS) is 28.5. The van der Waals surface area contributed by atoms with Crippen LogP contribution in [0.15, 0.2) is 0 Å². The van der Waals surface area contributed by atoms with Gasteiger partial charge in [-0.3, -0.25) is 0 Å². The van der Waals surface area contributed by atoms with Crippen LogP contribution in [0.2, 0.25) is 0 Å². The van der Waals surface area contributed by atoms with Crippen LogP contribution in [0.4, 0.5) is 0 Å². The summed E-state index contributed by atoms with van der Waals surface area (Å²) < 4.78 is 10.2. The second-order valence-electron chi connectivity index (χ2n) is 2.75. The van der Waals surface area contributed by atoms with Crippen LogP contribution in [-0.4, -0.2) is 24.5 Å². The first kappa shape index (κ1) is 8.45. The molecular formula is C6H11NO4. The molecule has 1 rings (SSSR count). The Balaban J connectivity index is 2.48. The Morgan fingerprint density at radius 1 is 1.73 bits per heavy atom. The van der Waals surface area contributed by atoms with Crippen LogP contribution in [0.3, 0.4) is 0 Å². The number of carbonyl (C=O) groups is 1. The maximum atomic E-state index is 10.7. The van der Waals surface area contributed by atoms with E-state index in [4.69, 9.17) is 9.47 Å². The monoisotopic (exact) mass is 161 g/mol. The van der Waals surface area contributed by atoms with Gasteiger partial charge in [0.05, 0.1) is 6.61 Å². The molecule has 11 heavy (non-hydrogen) atoms. The van der Waals surface area contributed by atoms with Gasteiger partial charge >= 0.3 is 5.97 Å². The van der Waals surface area contributed by atoms with E-state index >= 15 is 0 Å². The SMILES string of the molecule is CC1(C)OCC(C(=O)ON)O1. The van der Waals surface area contributed by atoms with Crippen LogP contribution in [0.5, 0.6) is 0 Å². The van der Waals surface area contributed by atoms with Crippen LogP contribution >= 0.6 is 0 Å². The molecule has 1 saturated heterocycles. The highest BCUT2D eigenvalue weighted by atomic mass is 16.8. The Morgan fingerprint density at radius 2 is 2.36 bits per heavy atom. The Hall–Kier alpha value is -0.650. The van der Waals surface area contributed by atoms with Gasteiger partial charge < -0.3 is 14.3 Å². The first-order chi connectivity index (χ1) is 5.05. The van der Waals surface area contributed by atoms with Crippen LogP contribution in [0.25, 0.3) is 0 Å². The van der Waals surface area contributed by atoms with Crippen LogP contribution in [-0.2, 0) is 19.1 Å². The smallest absolute Gasteiger partial charge is 0.356 e. The summed E-state index contributed by atoms with van der Waals surface area (Å²) in [6.07, 6.45) is -0.685. The average molecular weight is 161 g/mol. The predicted molar refractivity (Wildman–Crippen MR) is 35.2 cm³/mol. The largest absolute Gasteiger partial charge is 0.371 e. The zero-order chi connectivity index (χ0) is 8.48. The van der Waals surface area contributed by atoms with E-state index < -0.39 is 17.9 Å². The highest BCUT2D eigenvalue weighted by Gasteiger charge is 2.37. The van der Waals surface area contributed by atoms with E-state index in [0.717, 1.165) is 0 Å². The highest BCUT2D eigenvalue weighted by Crippen LogP contribution is 2.22. The summed E-state index contributed by atoms with van der Waals surface area (Å²) >= 11 is 0. The number of ether oxygens (including phenoxy) is 2. The first-order valence-electron chi connectivity index (χ1n) is 3.27. The van der Waals surface area contributed by atoms with Crippen LogP contribution in [0, 0.1) is 0 Å². The lowest BCUT2D eigenvalue weighted by atomic mass is 10.4. The van der Waals surface area contributed by atoms with Gasteiger partial charge in [0.2, 0.25) is 0 Å². The highest BCUT2D eigenvalue weighted by molar-refractivity contribution is 5.74. The average Bonchev–Trinajstić information content (AvgIpc) is 2.29. The minimum Gasteiger partial charge on any atom is -0.371 e. The molecule has 2 N–H and O–H groups in total. The van der Waals surface area contributed by atoms with Crippen molar-refractivity contribution in [3.8, 4) is 0 Å². The topological polar surface area (TPSA) is 70.8 Å². The molecule has 0 aromatic carbocycles. The minimum atomic E-state index is -0.709. The van der Waals surface area contributed by atoms with Gasteiger partial charge in [0, 0.05) is 0 Å². The van der Waals surface area contributed by atoms with Gasteiger partial charge in [-0.1, -0.05) is 0 Å². The van der Waals surface area contributed by atoms with E-state index in [1.165, 1.54) is 0 Å². The second-order valence-corrected chi connectivity index (χ2v) is 2.75. The van der Waals surface area contributed by atoms with Crippen molar-refractivity contribution in [2.45, 2.75) is 25.7 Å². The van der Waals surface area contributed by atoms with Gasteiger partial charge in [-0.2, -0.15) is 5.90 Å². The summed E-state index contributed by atoms with van der Waals surface area (Å²) in [5.74, 6) is 3.34. The summed E-state index contributed by atoms with van der Waals surface area (Å²) in [6, 6.07) is 0. The maximum Gasteiger partial charge on any atom is 0.356 e. The molecule has 1 unspecified atom stereocenters. The van der Waals surface area contributed by atoms with Crippen molar-refractivity contribution in [1.29, 1.82) is 0 Å². The lowest BCUT2D eigenvalue weighted by Crippen LogP contribution is -2.30. The van der Waals surface area contributed by atoms with E-state index in [1.807, 2.05) is 0 Å². The van der Waals surface area contributed by atoms with Crippen LogP contribution < -0.4 is 5.90 Å². The van der Waals surface area contributed by atoms with Crippen molar-refractivity contribution >= 4 is 5.97 Å². The molecule has 1 heterocycles. The van der Waals surface area contributed by atoms with Crippen molar-refractivity contribution in [3.63, 3.8) is 0 Å². The zero-order valence-electron chi connectivity index (χ0n) is 6.49. The molecule has 5 nitrogen and oxygen atoms in total. The standard InChI is InChI=1S/C6H11NO4/c1-6(2)9-3-4(10-6)5(8)11-7/h4H,3,7H2,1-2H3.